The molecule has 0 bridgehead atoms. The summed E-state index contributed by atoms with van der Waals surface area (Å²) in [7, 11) is -0.458. The van der Waals surface area contributed by atoms with Gasteiger partial charge in [0.1, 0.15) is 0 Å². The molecule has 0 aromatic rings. The average Bonchev–Trinajstić information content (AvgIpc) is 2.77. The van der Waals surface area contributed by atoms with E-state index in [2.05, 4.69) is 48.6 Å². The monoisotopic (exact) mass is 196 g/mol. The number of rotatable bonds is 2. The van der Waals surface area contributed by atoms with Crippen molar-refractivity contribution in [3.05, 3.63) is 48.6 Å². The lowest BCUT2D eigenvalue weighted by Crippen LogP contribution is -2.00. The Balaban J connectivity index is 2.04. The Hall–Kier alpha value is -0.320. The van der Waals surface area contributed by atoms with E-state index in [1.165, 1.54) is 0 Å². The predicted octanol–water partition coefficient (Wildman–Crippen LogP) is 3.61. The van der Waals surface area contributed by atoms with Gasteiger partial charge in [0.2, 0.25) is 0 Å². The molecule has 0 saturated carbocycles. The van der Waals surface area contributed by atoms with E-state index < -0.39 is 7.27 Å². The minimum absolute atomic E-state index is 0.458. The second kappa shape index (κ2) is 3.60. The summed E-state index contributed by atoms with van der Waals surface area (Å²) in [5, 5.41) is 0. The first kappa shape index (κ1) is 8.29. The molecule has 0 aromatic carbocycles. The molecule has 0 aliphatic heterocycles. The summed E-state index contributed by atoms with van der Waals surface area (Å²) in [6.45, 7) is 0. The van der Waals surface area contributed by atoms with Crippen LogP contribution in [0, 0.1) is 0 Å². The molecule has 0 unspecified atom stereocenters. The summed E-state index contributed by atoms with van der Waals surface area (Å²) in [6, 6.07) is 0. The van der Waals surface area contributed by atoms with Crippen LogP contribution < -0.4 is 0 Å². The zero-order chi connectivity index (χ0) is 8.39. The Bertz CT molecular complexity index is 224. The van der Waals surface area contributed by atoms with Gasteiger partial charge in [-0.25, -0.2) is 0 Å². The summed E-state index contributed by atoms with van der Waals surface area (Å²) in [5.74, 6) is 0. The van der Waals surface area contributed by atoms with Crippen LogP contribution in [0.15, 0.2) is 48.6 Å². The fraction of sp³-hybridized carbons (Fsp3) is 0.200. The van der Waals surface area contributed by atoms with Gasteiger partial charge in [0, 0.05) is 18.6 Å². The van der Waals surface area contributed by atoms with Gasteiger partial charge >= 0.3 is 0 Å². The molecule has 12 heavy (non-hydrogen) atoms. The van der Waals surface area contributed by atoms with Crippen molar-refractivity contribution in [2.75, 3.05) is 0 Å². The van der Waals surface area contributed by atoms with Crippen molar-refractivity contribution in [1.29, 1.82) is 0 Å². The minimum Gasteiger partial charge on any atom is -0.0945 e. The van der Waals surface area contributed by atoms with Crippen molar-refractivity contribution in [2.24, 2.45) is 0 Å². The molecule has 0 amide bonds. The first-order valence-electron chi connectivity index (χ1n) is 4.02. The molecule has 0 fully saturated rings. The maximum atomic E-state index is 6.35. The molecule has 0 heterocycles. The van der Waals surface area contributed by atoms with Crippen molar-refractivity contribution < 1.29 is 0 Å². The maximum Gasteiger partial charge on any atom is 0.0303 e. The van der Waals surface area contributed by atoms with Crippen LogP contribution in [0.4, 0.5) is 0 Å². The largest absolute Gasteiger partial charge is 0.0945 e. The first-order chi connectivity index (χ1) is 5.88. The topological polar surface area (TPSA) is 0 Å². The molecule has 0 nitrogen and oxygen atoms in total. The highest BCUT2D eigenvalue weighted by Gasteiger charge is 2.22. The molecule has 2 aliphatic carbocycles. The zero-order valence-electron chi connectivity index (χ0n) is 6.60. The molecule has 2 aliphatic rings. The van der Waals surface area contributed by atoms with E-state index in [-0.39, 0.29) is 0 Å². The molecule has 0 saturated heterocycles. The predicted molar refractivity (Wildman–Crippen MR) is 56.9 cm³/mol. The highest BCUT2D eigenvalue weighted by atomic mass is 35.7. The minimum atomic E-state index is -0.458. The summed E-state index contributed by atoms with van der Waals surface area (Å²) >= 11 is 6.35. The van der Waals surface area contributed by atoms with Crippen LogP contribution >= 0.6 is 18.5 Å². The van der Waals surface area contributed by atoms with E-state index in [0.717, 1.165) is 0 Å². The van der Waals surface area contributed by atoms with Crippen molar-refractivity contribution in [3.8, 4) is 0 Å². The van der Waals surface area contributed by atoms with Crippen LogP contribution in [-0.2, 0) is 0 Å². The highest BCUT2D eigenvalue weighted by Crippen LogP contribution is 2.55. The van der Waals surface area contributed by atoms with Gasteiger partial charge in [-0.3, -0.25) is 0 Å². The fourth-order valence-electron chi connectivity index (χ4n) is 1.37. The lowest BCUT2D eigenvalue weighted by Gasteiger charge is -2.17. The van der Waals surface area contributed by atoms with Gasteiger partial charge < -0.3 is 0 Å². The van der Waals surface area contributed by atoms with Gasteiger partial charge in [0.15, 0.2) is 0 Å². The van der Waals surface area contributed by atoms with Gasteiger partial charge in [-0.1, -0.05) is 59.8 Å². The summed E-state index contributed by atoms with van der Waals surface area (Å²) in [4.78, 5) is 0. The number of hydrogen-bond donors (Lipinski definition) is 0. The lowest BCUT2D eigenvalue weighted by molar-refractivity contribution is 1.36. The molecule has 2 heteroatoms. The van der Waals surface area contributed by atoms with Gasteiger partial charge in [0.05, 0.1) is 0 Å². The maximum absolute atomic E-state index is 6.35. The van der Waals surface area contributed by atoms with Gasteiger partial charge in [-0.2, -0.15) is 0 Å². The fourth-order valence-corrected chi connectivity index (χ4v) is 3.60. The molecule has 0 radical (unpaired) electrons. The smallest absolute Gasteiger partial charge is 0.0303 e. The number of halogens is 1. The summed E-state index contributed by atoms with van der Waals surface area (Å²) in [5.41, 5.74) is 0.943. The molecule has 0 N–H and O–H groups in total. The Morgan fingerprint density at radius 2 is 1.08 bits per heavy atom. The Morgan fingerprint density at radius 3 is 1.42 bits per heavy atom. The van der Waals surface area contributed by atoms with E-state index in [9.17, 15) is 0 Å². The molecule has 2 rings (SSSR count). The first-order valence-corrected chi connectivity index (χ1v) is 6.40. The van der Waals surface area contributed by atoms with E-state index in [4.69, 9.17) is 11.2 Å². The second-order valence-electron chi connectivity index (χ2n) is 2.87. The van der Waals surface area contributed by atoms with Crippen molar-refractivity contribution in [1.82, 2.24) is 0 Å². The summed E-state index contributed by atoms with van der Waals surface area (Å²) in [6.07, 6.45) is 17.0. The van der Waals surface area contributed by atoms with Crippen LogP contribution in [0.25, 0.3) is 0 Å². The van der Waals surface area contributed by atoms with E-state index in [0.29, 0.717) is 11.3 Å². The van der Waals surface area contributed by atoms with Crippen LogP contribution in [0.5, 0.6) is 0 Å². The SMILES string of the molecule is ClP(C1C=CC=C1)C1C=CC=C1. The van der Waals surface area contributed by atoms with Crippen molar-refractivity contribution in [3.63, 3.8) is 0 Å². The standard InChI is InChI=1S/C10H10ClP/c11-12(9-5-1-2-6-9)10-7-3-4-8-10/h1-10H. The van der Waals surface area contributed by atoms with Crippen LogP contribution in [-0.4, -0.2) is 11.3 Å². The highest BCUT2D eigenvalue weighted by molar-refractivity contribution is 7.85. The van der Waals surface area contributed by atoms with Crippen LogP contribution in [0.2, 0.25) is 0 Å². The Labute approximate surface area is 78.8 Å². The molecule has 62 valence electrons. The van der Waals surface area contributed by atoms with Crippen LogP contribution in [0.1, 0.15) is 0 Å². The number of allylic oxidation sites excluding steroid dienone is 8. The molecular weight excluding hydrogens is 187 g/mol. The zero-order valence-corrected chi connectivity index (χ0v) is 8.25. The third-order valence-electron chi connectivity index (χ3n) is 2.03. The Kier molecular flexibility index (Phi) is 2.48. The lowest BCUT2D eigenvalue weighted by atomic mass is 10.5. The van der Waals surface area contributed by atoms with Gasteiger partial charge in [-0.15, -0.1) is 0 Å². The molecular formula is C10H10ClP. The number of hydrogen-bond acceptors (Lipinski definition) is 0. The van der Waals surface area contributed by atoms with Crippen molar-refractivity contribution in [2.45, 2.75) is 11.3 Å². The molecule has 0 atom stereocenters. The summed E-state index contributed by atoms with van der Waals surface area (Å²) < 4.78 is 0. The second-order valence-corrected chi connectivity index (χ2v) is 5.92. The Morgan fingerprint density at radius 1 is 0.750 bits per heavy atom. The third-order valence-corrected chi connectivity index (χ3v) is 5.21. The van der Waals surface area contributed by atoms with Gasteiger partial charge in [0.25, 0.3) is 0 Å². The van der Waals surface area contributed by atoms with Crippen LogP contribution in [0.3, 0.4) is 0 Å². The quantitative estimate of drug-likeness (QED) is 0.592. The molecule has 0 aromatic heterocycles. The van der Waals surface area contributed by atoms with Crippen molar-refractivity contribution >= 4 is 18.5 Å². The third kappa shape index (κ3) is 1.55. The van der Waals surface area contributed by atoms with E-state index in [1.54, 1.807) is 0 Å². The molecule has 0 spiro atoms. The van der Waals surface area contributed by atoms with E-state index in [1.807, 2.05) is 0 Å². The van der Waals surface area contributed by atoms with E-state index >= 15 is 0 Å². The average molecular weight is 197 g/mol. The van der Waals surface area contributed by atoms with Gasteiger partial charge in [-0.05, 0) is 0 Å². The normalized spacial score (nSPS) is 22.2.